The number of benzene rings is 1. The van der Waals surface area contributed by atoms with Gasteiger partial charge in [0.2, 0.25) is 0 Å². The van der Waals surface area contributed by atoms with E-state index in [4.69, 9.17) is 0 Å². The van der Waals surface area contributed by atoms with Crippen LogP contribution in [0.15, 0.2) is 30.3 Å². The van der Waals surface area contributed by atoms with E-state index in [-0.39, 0.29) is 48.9 Å². The minimum Gasteiger partial charge on any atom is -0.0622 e. The van der Waals surface area contributed by atoms with E-state index in [1.807, 2.05) is 18.2 Å². The number of rotatable bonds is 0. The van der Waals surface area contributed by atoms with Crippen LogP contribution in [0, 0.1) is 3.57 Å². The summed E-state index contributed by atoms with van der Waals surface area (Å²) < 4.78 is 1.29. The van der Waals surface area contributed by atoms with Crippen molar-refractivity contribution in [2.75, 3.05) is 0 Å². The van der Waals surface area contributed by atoms with E-state index < -0.39 is 0 Å². The zero-order chi connectivity index (χ0) is 5.11. The van der Waals surface area contributed by atoms with E-state index in [0.717, 1.165) is 0 Å². The average molecular weight is 341 g/mol. The molecule has 1 aromatic carbocycles. The molecular weight excluding hydrogens is 336 g/mol. The van der Waals surface area contributed by atoms with Gasteiger partial charge in [-0.15, -0.1) is 0 Å². The maximum Gasteiger partial charge on any atom is 0.0130 e. The molecule has 2 heteroatoms. The number of halogens is 1. The molecule has 0 spiro atoms. The Labute approximate surface area is 103 Å². The first-order chi connectivity index (χ1) is 3.39. The standard InChI is InChI=1S/C6H5I.Ba/c7-6-4-2-1-3-5-6;/h1-5H;. The smallest absolute Gasteiger partial charge is 0.0130 e. The van der Waals surface area contributed by atoms with Gasteiger partial charge in [-0.3, -0.25) is 0 Å². The van der Waals surface area contributed by atoms with Crippen molar-refractivity contribution in [2.24, 2.45) is 0 Å². The quantitative estimate of drug-likeness (QED) is 0.500. The summed E-state index contributed by atoms with van der Waals surface area (Å²) in [5.74, 6) is 0. The van der Waals surface area contributed by atoms with Crippen molar-refractivity contribution in [1.29, 1.82) is 0 Å². The summed E-state index contributed by atoms with van der Waals surface area (Å²) in [6.07, 6.45) is 0. The van der Waals surface area contributed by atoms with Gasteiger partial charge >= 0.3 is 0 Å². The van der Waals surface area contributed by atoms with Crippen LogP contribution in [0.25, 0.3) is 0 Å². The molecule has 1 rings (SSSR count). The van der Waals surface area contributed by atoms with Gasteiger partial charge in [0.15, 0.2) is 0 Å². The van der Waals surface area contributed by atoms with Crippen LogP contribution < -0.4 is 0 Å². The van der Waals surface area contributed by atoms with Crippen molar-refractivity contribution in [3.8, 4) is 0 Å². The molecule has 0 saturated heterocycles. The van der Waals surface area contributed by atoms with Crippen LogP contribution in [-0.2, 0) is 0 Å². The van der Waals surface area contributed by atoms with Gasteiger partial charge in [-0.1, -0.05) is 18.2 Å². The largest absolute Gasteiger partial charge is 0.0622 e. The molecule has 2 radical (unpaired) electrons. The van der Waals surface area contributed by atoms with Crippen molar-refractivity contribution in [3.63, 3.8) is 0 Å². The topological polar surface area (TPSA) is 0 Å². The maximum absolute atomic E-state index is 2.28. The average Bonchev–Trinajstić information content (AvgIpc) is 1.69. The third kappa shape index (κ3) is 3.53. The molecule has 0 nitrogen and oxygen atoms in total. The summed E-state index contributed by atoms with van der Waals surface area (Å²) >= 11 is 2.28. The first kappa shape index (κ1) is 9.52. The van der Waals surface area contributed by atoms with Gasteiger partial charge in [-0.2, -0.15) is 0 Å². The molecule has 0 aliphatic rings. The predicted octanol–water partition coefficient (Wildman–Crippen LogP) is 1.91. The molecule has 0 bridgehead atoms. The minimum atomic E-state index is 0. The van der Waals surface area contributed by atoms with E-state index in [1.165, 1.54) is 3.57 Å². The van der Waals surface area contributed by atoms with Crippen LogP contribution in [0.5, 0.6) is 0 Å². The van der Waals surface area contributed by atoms with Gasteiger partial charge in [0.05, 0.1) is 0 Å². The first-order valence-corrected chi connectivity index (χ1v) is 3.18. The molecule has 1 aromatic rings. The van der Waals surface area contributed by atoms with Crippen LogP contribution in [0.3, 0.4) is 0 Å². The number of hydrogen-bond donors (Lipinski definition) is 0. The molecule has 0 fully saturated rings. The molecule has 0 atom stereocenters. The second-order valence-electron chi connectivity index (χ2n) is 1.30. The molecular formula is C6H5BaI. The Hall–Kier alpha value is 1.52. The van der Waals surface area contributed by atoms with E-state index in [9.17, 15) is 0 Å². The van der Waals surface area contributed by atoms with Crippen molar-refractivity contribution in [3.05, 3.63) is 33.9 Å². The Morgan fingerprint density at radius 1 is 1.00 bits per heavy atom. The SMILES string of the molecule is Ic1ccccc1.[Ba]. The van der Waals surface area contributed by atoms with Crippen LogP contribution in [0.1, 0.15) is 0 Å². The molecule has 8 heavy (non-hydrogen) atoms. The molecule has 0 aliphatic heterocycles. The Bertz CT molecular complexity index is 138. The third-order valence-corrected chi connectivity index (χ3v) is 1.45. The van der Waals surface area contributed by atoms with Gasteiger partial charge in [0.25, 0.3) is 0 Å². The molecule has 0 N–H and O–H groups in total. The minimum absolute atomic E-state index is 0. The van der Waals surface area contributed by atoms with Gasteiger partial charge in [0, 0.05) is 52.5 Å². The fraction of sp³-hybridized carbons (Fsp3) is 0. The zero-order valence-corrected chi connectivity index (χ0v) is 11.1. The van der Waals surface area contributed by atoms with E-state index in [1.54, 1.807) is 0 Å². The van der Waals surface area contributed by atoms with Crippen molar-refractivity contribution < 1.29 is 0 Å². The van der Waals surface area contributed by atoms with E-state index >= 15 is 0 Å². The van der Waals surface area contributed by atoms with Crippen molar-refractivity contribution in [2.45, 2.75) is 0 Å². The summed E-state index contributed by atoms with van der Waals surface area (Å²) in [5, 5.41) is 0. The molecule has 38 valence electrons. The molecule has 0 unspecified atom stereocenters. The third-order valence-electron chi connectivity index (χ3n) is 0.733. The summed E-state index contributed by atoms with van der Waals surface area (Å²) in [7, 11) is 0. The van der Waals surface area contributed by atoms with Crippen LogP contribution in [0.4, 0.5) is 0 Å². The molecule has 0 aromatic heterocycles. The maximum atomic E-state index is 2.28. The Morgan fingerprint density at radius 2 is 1.50 bits per heavy atom. The van der Waals surface area contributed by atoms with Crippen LogP contribution in [-0.4, -0.2) is 48.9 Å². The summed E-state index contributed by atoms with van der Waals surface area (Å²) in [4.78, 5) is 0. The van der Waals surface area contributed by atoms with E-state index in [2.05, 4.69) is 34.7 Å². The predicted molar refractivity (Wildman–Crippen MR) is 44.9 cm³/mol. The first-order valence-electron chi connectivity index (χ1n) is 2.10. The van der Waals surface area contributed by atoms with Gasteiger partial charge < -0.3 is 0 Å². The van der Waals surface area contributed by atoms with Crippen molar-refractivity contribution >= 4 is 71.5 Å². The van der Waals surface area contributed by atoms with Gasteiger partial charge in [-0.25, -0.2) is 0 Å². The second kappa shape index (κ2) is 5.32. The Balaban J connectivity index is 0.000000490. The summed E-state index contributed by atoms with van der Waals surface area (Å²) in [6, 6.07) is 10.2. The van der Waals surface area contributed by atoms with E-state index in [0.29, 0.717) is 0 Å². The normalized spacial score (nSPS) is 7.62. The summed E-state index contributed by atoms with van der Waals surface area (Å²) in [5.41, 5.74) is 0. The molecule has 0 aliphatic carbocycles. The van der Waals surface area contributed by atoms with Crippen LogP contribution >= 0.6 is 22.6 Å². The molecule has 0 heterocycles. The second-order valence-corrected chi connectivity index (χ2v) is 2.54. The van der Waals surface area contributed by atoms with Crippen LogP contribution in [0.2, 0.25) is 0 Å². The Kier molecular flexibility index (Phi) is 6.33. The summed E-state index contributed by atoms with van der Waals surface area (Å²) in [6.45, 7) is 0. The molecule has 0 amide bonds. The monoisotopic (exact) mass is 342 g/mol. The fourth-order valence-corrected chi connectivity index (χ4v) is 0.830. The molecule has 0 saturated carbocycles. The van der Waals surface area contributed by atoms with Gasteiger partial charge in [-0.05, 0) is 34.7 Å². The Morgan fingerprint density at radius 3 is 1.75 bits per heavy atom. The van der Waals surface area contributed by atoms with Gasteiger partial charge in [0.1, 0.15) is 0 Å². The fourth-order valence-electron chi connectivity index (χ4n) is 0.415. The van der Waals surface area contributed by atoms with Crippen molar-refractivity contribution in [1.82, 2.24) is 0 Å². The zero-order valence-electron chi connectivity index (χ0n) is 4.47. The number of hydrogen-bond acceptors (Lipinski definition) is 0.